The highest BCUT2D eigenvalue weighted by Gasteiger charge is 2.25. The molecule has 0 unspecified atom stereocenters. The third kappa shape index (κ3) is 13.4. The van der Waals surface area contributed by atoms with Gasteiger partial charge in [-0.15, -0.1) is 20.4 Å². The Labute approximate surface area is 679 Å². The minimum absolute atomic E-state index is 0.617. The molecule has 13 nitrogen and oxygen atoms in total. The van der Waals surface area contributed by atoms with Crippen LogP contribution in [0, 0.1) is 0 Å². The lowest BCUT2D eigenvalue weighted by molar-refractivity contribution is 0.766. The molecule has 13 heteroatoms. The summed E-state index contributed by atoms with van der Waals surface area (Å²) in [4.78, 5) is 39.1. The summed E-state index contributed by atoms with van der Waals surface area (Å²) < 4.78 is 0. The van der Waals surface area contributed by atoms with Crippen LogP contribution in [0.1, 0.15) is 0 Å². The molecule has 0 saturated heterocycles. The van der Waals surface area contributed by atoms with Crippen molar-refractivity contribution in [1.29, 1.82) is 0 Å². The number of pyridine rings is 2. The summed E-state index contributed by atoms with van der Waals surface area (Å²) in [5.41, 5.74) is 26.8. The highest BCUT2D eigenvalue weighted by Crippen LogP contribution is 2.45. The van der Waals surface area contributed by atoms with E-state index in [1.165, 1.54) is 0 Å². The molecule has 0 aliphatic carbocycles. The third-order valence-electron chi connectivity index (χ3n) is 21.6. The fraction of sp³-hybridized carbons (Fsp3) is 0. The van der Waals surface area contributed by atoms with Crippen LogP contribution in [0.5, 0.6) is 0 Å². The summed E-state index contributed by atoms with van der Waals surface area (Å²) in [6, 6.07) is 139. The maximum absolute atomic E-state index is 5.44. The Hall–Kier alpha value is -16.3. The minimum Gasteiger partial charge on any atom is -0.247 e. The van der Waals surface area contributed by atoms with Crippen LogP contribution < -0.4 is 0 Å². The van der Waals surface area contributed by atoms with Crippen molar-refractivity contribution in [3.8, 4) is 146 Å². The van der Waals surface area contributed by atoms with Gasteiger partial charge in [0, 0.05) is 88.0 Å². The minimum atomic E-state index is 0.617. The number of nitrogens with zero attached hydrogens (tertiary/aromatic N) is 13. The van der Waals surface area contributed by atoms with E-state index in [2.05, 4.69) is 224 Å². The first kappa shape index (κ1) is 69.7. The molecule has 0 bridgehead atoms. The van der Waals surface area contributed by atoms with E-state index >= 15 is 0 Å². The Kier molecular flexibility index (Phi) is 17.9. The largest absolute Gasteiger partial charge is 0.247 e. The molecule has 0 saturated carbocycles. The Morgan fingerprint density at radius 2 is 0.432 bits per heavy atom. The standard InChI is InChI=1S/C53H34N6.C52H33N7/c1-6-16-36(17-7-1)44-33-45-49(52-51(44)57-59(58-52)42-24-14-5-15-25-42)43-31-30-41(32-48(43)54-50(45)39-20-10-3-11-21-39)35-26-28-38(29-27-35)47-34-46(37-18-8-2-9-19-37)55-53(56-47)40-22-12-4-13-23-40;1-6-16-35(17-7-1)43-33-44-46(49-48(43)57-59(58-49)41-24-14-5-15-25-41)42-31-30-40(32-45(42)53-47(44)36-18-8-2-9-19-36)34-26-28-39(29-27-34)52-55-50(37-20-10-3-11-21-37)54-51(56-52)38-22-12-4-13-23-38/h1-34H;1-33H. The highest BCUT2D eigenvalue weighted by atomic mass is 15.5. The van der Waals surface area contributed by atoms with E-state index in [-0.39, 0.29) is 0 Å². The Morgan fingerprint density at radius 3 is 0.788 bits per heavy atom. The van der Waals surface area contributed by atoms with Gasteiger partial charge in [0.05, 0.1) is 45.2 Å². The normalized spacial score (nSPS) is 11.4. The number of hydrogen-bond acceptors (Lipinski definition) is 11. The average Bonchev–Trinajstić information content (AvgIpc) is 1.36. The van der Waals surface area contributed by atoms with E-state index in [0.29, 0.717) is 23.3 Å². The fourth-order valence-electron chi connectivity index (χ4n) is 15.8. The van der Waals surface area contributed by atoms with E-state index in [9.17, 15) is 0 Å². The van der Waals surface area contributed by atoms with E-state index in [4.69, 9.17) is 55.3 Å². The van der Waals surface area contributed by atoms with Crippen molar-refractivity contribution >= 4 is 65.4 Å². The zero-order valence-electron chi connectivity index (χ0n) is 63.5. The van der Waals surface area contributed by atoms with Gasteiger partial charge in [-0.25, -0.2) is 34.9 Å². The molecule has 22 aromatic rings. The zero-order chi connectivity index (χ0) is 78.2. The zero-order valence-corrected chi connectivity index (χ0v) is 63.5. The Balaban J connectivity index is 0.000000147. The second-order valence-corrected chi connectivity index (χ2v) is 29.0. The molecule has 0 aliphatic rings. The summed E-state index contributed by atoms with van der Waals surface area (Å²) in [5.74, 6) is 2.58. The smallest absolute Gasteiger partial charge is 0.164 e. The van der Waals surface area contributed by atoms with Crippen LogP contribution in [0.2, 0.25) is 0 Å². The van der Waals surface area contributed by atoms with E-state index in [1.54, 1.807) is 9.59 Å². The van der Waals surface area contributed by atoms with Gasteiger partial charge in [-0.05, 0) is 88.0 Å². The van der Waals surface area contributed by atoms with Crippen LogP contribution in [0.15, 0.2) is 406 Å². The van der Waals surface area contributed by atoms with Crippen molar-refractivity contribution in [3.63, 3.8) is 0 Å². The first-order valence-corrected chi connectivity index (χ1v) is 39.2. The Morgan fingerprint density at radius 1 is 0.169 bits per heavy atom. The molecule has 22 rings (SSSR count). The van der Waals surface area contributed by atoms with Crippen LogP contribution in [0.25, 0.3) is 212 Å². The summed E-state index contributed by atoms with van der Waals surface area (Å²) in [5, 5.41) is 26.8. The molecule has 0 spiro atoms. The molecule has 16 aromatic carbocycles. The molecule has 0 amide bonds. The summed E-state index contributed by atoms with van der Waals surface area (Å²) in [7, 11) is 0. The van der Waals surface area contributed by atoms with Gasteiger partial charge >= 0.3 is 0 Å². The SMILES string of the molecule is c1ccc(-c2cc(-c3ccc(-c4ccc5c(c4)nc(-c4ccccc4)c4cc(-c6ccccc6)c6nn(-c7ccccc7)nc6c45)cc3)nc(-c3ccccc3)n2)cc1.c1ccc(-c2nc(-c3ccccc3)nc(-c3ccc(-c4ccc5c(c4)nc(-c4ccccc4)c4cc(-c6ccccc6)c6nn(-c7ccccc7)nc6c45)cc3)n2)cc1. The lowest BCUT2D eigenvalue weighted by Crippen LogP contribution is -2.00. The first-order chi connectivity index (χ1) is 58.5. The molecular weight excluding hydrogens is 1440 g/mol. The number of hydrogen-bond donors (Lipinski definition) is 0. The van der Waals surface area contributed by atoms with Crippen molar-refractivity contribution in [2.24, 2.45) is 0 Å². The second-order valence-electron chi connectivity index (χ2n) is 29.0. The summed E-state index contributed by atoms with van der Waals surface area (Å²) in [6.07, 6.45) is 0. The molecule has 118 heavy (non-hydrogen) atoms. The quantitative estimate of drug-likeness (QED) is 0.0957. The molecule has 0 radical (unpaired) electrons. The fourth-order valence-corrected chi connectivity index (χ4v) is 15.8. The number of fused-ring (bicyclic) bond motifs is 10. The van der Waals surface area contributed by atoms with Gasteiger partial charge in [-0.1, -0.05) is 352 Å². The molecule has 6 aromatic heterocycles. The second kappa shape index (κ2) is 30.3. The van der Waals surface area contributed by atoms with Crippen LogP contribution in [-0.4, -0.2) is 64.9 Å². The highest BCUT2D eigenvalue weighted by molar-refractivity contribution is 6.25. The van der Waals surface area contributed by atoms with Gasteiger partial charge in [0.15, 0.2) is 23.3 Å². The van der Waals surface area contributed by atoms with Gasteiger partial charge in [-0.3, -0.25) is 0 Å². The summed E-state index contributed by atoms with van der Waals surface area (Å²) in [6.45, 7) is 0. The van der Waals surface area contributed by atoms with Gasteiger partial charge in [0.1, 0.15) is 22.1 Å². The molecule has 0 fully saturated rings. The maximum Gasteiger partial charge on any atom is 0.164 e. The van der Waals surface area contributed by atoms with Gasteiger partial charge in [-0.2, -0.15) is 9.59 Å². The molecule has 552 valence electrons. The summed E-state index contributed by atoms with van der Waals surface area (Å²) >= 11 is 0. The van der Waals surface area contributed by atoms with Gasteiger partial charge in [0.25, 0.3) is 0 Å². The third-order valence-corrected chi connectivity index (χ3v) is 21.6. The van der Waals surface area contributed by atoms with E-state index in [1.807, 2.05) is 182 Å². The lowest BCUT2D eigenvalue weighted by atomic mass is 9.93. The predicted octanol–water partition coefficient (Wildman–Crippen LogP) is 25.2. The van der Waals surface area contributed by atoms with E-state index in [0.717, 1.165) is 189 Å². The number of para-hydroxylation sites is 2. The molecule has 0 atom stereocenters. The van der Waals surface area contributed by atoms with Crippen molar-refractivity contribution in [1.82, 2.24) is 64.9 Å². The van der Waals surface area contributed by atoms with Crippen LogP contribution in [0.4, 0.5) is 0 Å². The van der Waals surface area contributed by atoms with Crippen LogP contribution in [-0.2, 0) is 0 Å². The monoisotopic (exact) mass is 1510 g/mol. The predicted molar refractivity (Wildman–Crippen MR) is 478 cm³/mol. The first-order valence-electron chi connectivity index (χ1n) is 39.2. The van der Waals surface area contributed by atoms with Crippen molar-refractivity contribution in [3.05, 3.63) is 406 Å². The average molecular weight is 1510 g/mol. The van der Waals surface area contributed by atoms with Crippen LogP contribution in [0.3, 0.4) is 0 Å². The molecule has 0 aliphatic heterocycles. The number of benzene rings is 16. The number of aromatic nitrogens is 13. The van der Waals surface area contributed by atoms with Crippen molar-refractivity contribution in [2.75, 3.05) is 0 Å². The topological polar surface area (TPSA) is 152 Å². The Bertz CT molecular complexity index is 6890. The van der Waals surface area contributed by atoms with Crippen LogP contribution >= 0.6 is 0 Å². The maximum atomic E-state index is 5.44. The molecule has 0 N–H and O–H groups in total. The molecular formula is C105H67N13. The van der Waals surface area contributed by atoms with E-state index < -0.39 is 0 Å². The van der Waals surface area contributed by atoms with Crippen molar-refractivity contribution < 1.29 is 0 Å². The number of rotatable bonds is 14. The van der Waals surface area contributed by atoms with Gasteiger partial charge in [0.2, 0.25) is 0 Å². The lowest BCUT2D eigenvalue weighted by Gasteiger charge is -2.14. The molecule has 6 heterocycles. The van der Waals surface area contributed by atoms with Crippen molar-refractivity contribution in [2.45, 2.75) is 0 Å². The van der Waals surface area contributed by atoms with Gasteiger partial charge < -0.3 is 0 Å².